The Labute approximate surface area is 153 Å². The van der Waals surface area contributed by atoms with Crippen LogP contribution < -0.4 is 4.74 Å². The minimum atomic E-state index is 0.415. The number of allylic oxidation sites excluding steroid dienone is 3. The third-order valence-electron chi connectivity index (χ3n) is 3.48. The number of benzene rings is 1. The molecule has 0 amide bonds. The molecule has 0 unspecified atom stereocenters. The van der Waals surface area contributed by atoms with E-state index in [4.69, 9.17) is 14.2 Å². The van der Waals surface area contributed by atoms with E-state index < -0.39 is 0 Å². The second-order valence-corrected chi connectivity index (χ2v) is 6.61. The van der Waals surface area contributed by atoms with E-state index in [1.54, 1.807) is 18.9 Å². The highest BCUT2D eigenvalue weighted by molar-refractivity contribution is 8.03. The fraction of sp³-hybridized carbons (Fsp3) is 0.421. The SMILES string of the molecule is CCCOC1=CC(Sc2cccc(OC)c2)=C(OCCC)CC1=[N+]=[N-]. The van der Waals surface area contributed by atoms with Crippen molar-refractivity contribution in [2.75, 3.05) is 20.3 Å². The molecule has 1 aromatic carbocycles. The van der Waals surface area contributed by atoms with E-state index in [0.29, 0.717) is 31.1 Å². The molecule has 0 aromatic heterocycles. The monoisotopic (exact) mass is 360 g/mol. The number of rotatable bonds is 9. The summed E-state index contributed by atoms with van der Waals surface area (Å²) in [6, 6.07) is 7.87. The van der Waals surface area contributed by atoms with Crippen molar-refractivity contribution in [1.82, 2.24) is 0 Å². The number of hydrogen-bond acceptors (Lipinski definition) is 4. The van der Waals surface area contributed by atoms with Crippen molar-refractivity contribution in [3.05, 3.63) is 52.3 Å². The number of nitrogens with zero attached hydrogens (tertiary/aromatic N) is 2. The van der Waals surface area contributed by atoms with Gasteiger partial charge in [-0.25, -0.2) is 0 Å². The highest BCUT2D eigenvalue weighted by atomic mass is 32.2. The molecule has 6 heteroatoms. The first kappa shape index (κ1) is 19.2. The van der Waals surface area contributed by atoms with Crippen LogP contribution in [-0.4, -0.2) is 30.8 Å². The zero-order valence-electron chi connectivity index (χ0n) is 14.9. The molecule has 134 valence electrons. The third kappa shape index (κ3) is 5.41. The van der Waals surface area contributed by atoms with Crippen molar-refractivity contribution in [2.45, 2.75) is 38.0 Å². The fourth-order valence-electron chi connectivity index (χ4n) is 2.26. The first-order valence-electron chi connectivity index (χ1n) is 8.45. The first-order chi connectivity index (χ1) is 12.2. The predicted octanol–water partition coefficient (Wildman–Crippen LogP) is 4.81. The van der Waals surface area contributed by atoms with Gasteiger partial charge in [-0.15, -0.1) is 0 Å². The Bertz CT molecular complexity index is 706. The summed E-state index contributed by atoms with van der Waals surface area (Å²) in [7, 11) is 1.65. The zero-order chi connectivity index (χ0) is 18.1. The zero-order valence-corrected chi connectivity index (χ0v) is 15.8. The molecule has 5 nitrogen and oxygen atoms in total. The highest BCUT2D eigenvalue weighted by Gasteiger charge is 2.28. The second-order valence-electron chi connectivity index (χ2n) is 5.50. The van der Waals surface area contributed by atoms with E-state index in [2.05, 4.69) is 11.7 Å². The average molecular weight is 360 g/mol. The first-order valence-corrected chi connectivity index (χ1v) is 9.27. The van der Waals surface area contributed by atoms with E-state index >= 15 is 0 Å². The van der Waals surface area contributed by atoms with Gasteiger partial charge in [0.15, 0.2) is 0 Å². The van der Waals surface area contributed by atoms with Crippen LogP contribution in [0.15, 0.2) is 51.7 Å². The van der Waals surface area contributed by atoms with E-state index in [1.165, 1.54) is 0 Å². The van der Waals surface area contributed by atoms with Gasteiger partial charge in [0, 0.05) is 11.0 Å². The quantitative estimate of drug-likeness (QED) is 0.468. The molecule has 0 heterocycles. The lowest BCUT2D eigenvalue weighted by atomic mass is 10.1. The summed E-state index contributed by atoms with van der Waals surface area (Å²) in [5.74, 6) is 2.20. The number of thioether (sulfide) groups is 1. The maximum absolute atomic E-state index is 9.31. The molecular formula is C19H24N2O3S. The second kappa shape index (κ2) is 9.97. The molecule has 0 radical (unpaired) electrons. The van der Waals surface area contributed by atoms with Crippen LogP contribution in [-0.2, 0) is 9.47 Å². The van der Waals surface area contributed by atoms with Crippen LogP contribution in [0.1, 0.15) is 33.1 Å². The Balaban J connectivity index is 2.33. The highest BCUT2D eigenvalue weighted by Crippen LogP contribution is 2.37. The van der Waals surface area contributed by atoms with Crippen molar-refractivity contribution in [3.63, 3.8) is 0 Å². The summed E-state index contributed by atoms with van der Waals surface area (Å²) < 4.78 is 16.9. The summed E-state index contributed by atoms with van der Waals surface area (Å²) in [5, 5.41) is 0. The van der Waals surface area contributed by atoms with Crippen molar-refractivity contribution >= 4 is 17.5 Å². The Morgan fingerprint density at radius 1 is 1.16 bits per heavy atom. The van der Waals surface area contributed by atoms with Gasteiger partial charge in [-0.3, -0.25) is 0 Å². The summed E-state index contributed by atoms with van der Waals surface area (Å²) in [6.07, 6.45) is 4.11. The fourth-order valence-corrected chi connectivity index (χ4v) is 3.24. The van der Waals surface area contributed by atoms with Crippen LogP contribution in [0.25, 0.3) is 5.53 Å². The van der Waals surface area contributed by atoms with Gasteiger partial charge in [0.2, 0.25) is 5.76 Å². The molecule has 0 bridgehead atoms. The van der Waals surface area contributed by atoms with E-state index in [9.17, 15) is 5.53 Å². The van der Waals surface area contributed by atoms with Crippen LogP contribution in [0.5, 0.6) is 5.75 Å². The van der Waals surface area contributed by atoms with Gasteiger partial charge in [-0.05, 0) is 31.0 Å². The lowest BCUT2D eigenvalue weighted by molar-refractivity contribution is -0.0137. The van der Waals surface area contributed by atoms with Gasteiger partial charge in [0.25, 0.3) is 0 Å². The van der Waals surface area contributed by atoms with E-state index in [1.807, 2.05) is 37.3 Å². The van der Waals surface area contributed by atoms with Gasteiger partial charge in [0.1, 0.15) is 17.9 Å². The van der Waals surface area contributed by atoms with Gasteiger partial charge in [0.05, 0.1) is 25.2 Å². The molecular weight excluding hydrogens is 336 g/mol. The van der Waals surface area contributed by atoms with Crippen molar-refractivity contribution in [2.24, 2.45) is 0 Å². The number of hydrogen-bond donors (Lipinski definition) is 0. The molecule has 1 aromatic rings. The van der Waals surface area contributed by atoms with Crippen LogP contribution in [0.3, 0.4) is 0 Å². The summed E-state index contributed by atoms with van der Waals surface area (Å²) >= 11 is 1.58. The average Bonchev–Trinajstić information content (AvgIpc) is 2.65. The lowest BCUT2D eigenvalue weighted by Crippen LogP contribution is -2.16. The van der Waals surface area contributed by atoms with Crippen molar-refractivity contribution in [1.29, 1.82) is 0 Å². The van der Waals surface area contributed by atoms with Gasteiger partial charge in [-0.2, -0.15) is 4.79 Å². The van der Waals surface area contributed by atoms with Gasteiger partial charge in [-0.1, -0.05) is 31.7 Å². The molecule has 0 N–H and O–H groups in total. The van der Waals surface area contributed by atoms with Gasteiger partial charge < -0.3 is 19.7 Å². The minimum absolute atomic E-state index is 0.415. The number of methoxy groups -OCH3 is 1. The van der Waals surface area contributed by atoms with E-state index in [-0.39, 0.29) is 0 Å². The van der Waals surface area contributed by atoms with Crippen LogP contribution in [0.2, 0.25) is 0 Å². The van der Waals surface area contributed by atoms with E-state index in [0.717, 1.165) is 34.2 Å². The maximum Gasteiger partial charge on any atom is 0.340 e. The minimum Gasteiger partial charge on any atom is -0.497 e. The maximum atomic E-state index is 9.31. The molecule has 0 saturated carbocycles. The summed E-state index contributed by atoms with van der Waals surface area (Å²) in [4.78, 5) is 5.39. The Morgan fingerprint density at radius 3 is 2.60 bits per heavy atom. The van der Waals surface area contributed by atoms with Crippen LogP contribution >= 0.6 is 11.8 Å². The summed E-state index contributed by atoms with van der Waals surface area (Å²) in [6.45, 7) is 5.30. The van der Waals surface area contributed by atoms with Crippen molar-refractivity contribution in [3.8, 4) is 5.75 Å². The third-order valence-corrected chi connectivity index (χ3v) is 4.54. The molecule has 1 aliphatic rings. The molecule has 25 heavy (non-hydrogen) atoms. The number of ether oxygens (including phenoxy) is 3. The van der Waals surface area contributed by atoms with Crippen LogP contribution in [0, 0.1) is 0 Å². The van der Waals surface area contributed by atoms with Gasteiger partial charge >= 0.3 is 5.71 Å². The Kier molecular flexibility index (Phi) is 7.64. The smallest absolute Gasteiger partial charge is 0.340 e. The molecule has 1 aliphatic carbocycles. The Hall–Kier alpha value is -2.17. The standard InChI is InChI=1S/C19H24N2O3S/c1-4-9-23-17-13-19(18(24-10-5-2)12-16(17)21-20)25-15-8-6-7-14(11-15)22-3/h6-8,11,13H,4-5,9-10,12H2,1-3H3. The normalized spacial score (nSPS) is 14.0. The summed E-state index contributed by atoms with van der Waals surface area (Å²) in [5.41, 5.74) is 9.81. The largest absolute Gasteiger partial charge is 0.497 e. The topological polar surface area (TPSA) is 64.1 Å². The predicted molar refractivity (Wildman–Crippen MR) is 99.7 cm³/mol. The van der Waals surface area contributed by atoms with Crippen LogP contribution in [0.4, 0.5) is 0 Å². The molecule has 0 aliphatic heterocycles. The molecule has 0 spiro atoms. The lowest BCUT2D eigenvalue weighted by Gasteiger charge is -2.18. The molecule has 0 fully saturated rings. The Morgan fingerprint density at radius 2 is 1.92 bits per heavy atom. The molecule has 2 rings (SSSR count). The van der Waals surface area contributed by atoms with Crippen molar-refractivity contribution < 1.29 is 19.0 Å². The molecule has 0 atom stereocenters. The molecule has 0 saturated heterocycles.